The molecular weight excluding hydrogens is 218 g/mol. The average molecular weight is 247 g/mol. The lowest BCUT2D eigenvalue weighted by Gasteiger charge is -2.34. The van der Waals surface area contributed by atoms with Crippen molar-refractivity contribution >= 4 is 0 Å². The van der Waals surface area contributed by atoms with Crippen LogP contribution in [-0.2, 0) is 6.42 Å². The Balaban J connectivity index is 2.93. The van der Waals surface area contributed by atoms with Crippen molar-refractivity contribution in [1.82, 2.24) is 5.32 Å². The van der Waals surface area contributed by atoms with Crippen LogP contribution in [0, 0.1) is 19.3 Å². The van der Waals surface area contributed by atoms with Gasteiger partial charge in [0.2, 0.25) is 0 Å². The van der Waals surface area contributed by atoms with Gasteiger partial charge in [0, 0.05) is 6.04 Å². The fourth-order valence-electron chi connectivity index (χ4n) is 2.36. The van der Waals surface area contributed by atoms with Crippen LogP contribution in [0.4, 0.5) is 0 Å². The first-order chi connectivity index (χ1) is 8.40. The molecule has 0 aliphatic rings. The van der Waals surface area contributed by atoms with E-state index in [4.69, 9.17) is 0 Å². The van der Waals surface area contributed by atoms with Gasteiger partial charge >= 0.3 is 0 Å². The van der Waals surface area contributed by atoms with Crippen LogP contribution < -0.4 is 5.32 Å². The first-order valence-electron chi connectivity index (χ1n) is 7.20. The number of hydrogen-bond acceptors (Lipinski definition) is 1. The molecule has 1 aromatic carbocycles. The first kappa shape index (κ1) is 15.2. The van der Waals surface area contributed by atoms with E-state index in [-0.39, 0.29) is 0 Å². The molecule has 1 atom stereocenters. The summed E-state index contributed by atoms with van der Waals surface area (Å²) >= 11 is 0. The second-order valence-electron chi connectivity index (χ2n) is 6.09. The molecular formula is C17H29N. The largest absolute Gasteiger partial charge is 0.313 e. The number of aryl methyl sites for hydroxylation is 2. The van der Waals surface area contributed by atoms with E-state index in [1.807, 2.05) is 0 Å². The van der Waals surface area contributed by atoms with Gasteiger partial charge in [-0.2, -0.15) is 0 Å². The molecule has 0 heterocycles. The SMILES string of the molecule is CCNC(Cc1cc(C)ccc1C)C(C)(C)CC. The molecule has 1 N–H and O–H groups in total. The van der Waals surface area contributed by atoms with Crippen LogP contribution >= 0.6 is 0 Å². The lowest BCUT2D eigenvalue weighted by Crippen LogP contribution is -2.43. The van der Waals surface area contributed by atoms with Crippen molar-refractivity contribution in [3.8, 4) is 0 Å². The molecule has 1 unspecified atom stereocenters. The standard InChI is InChI=1S/C17H29N/c1-7-17(5,6)16(18-8-2)12-15-11-13(3)9-10-14(15)4/h9-11,16,18H,7-8,12H2,1-6H3. The molecule has 102 valence electrons. The second kappa shape index (κ2) is 6.38. The van der Waals surface area contributed by atoms with Crippen LogP contribution in [-0.4, -0.2) is 12.6 Å². The minimum Gasteiger partial charge on any atom is -0.313 e. The fraction of sp³-hybridized carbons (Fsp3) is 0.647. The van der Waals surface area contributed by atoms with Crippen LogP contribution in [0.1, 0.15) is 50.8 Å². The highest BCUT2D eigenvalue weighted by Crippen LogP contribution is 2.28. The van der Waals surface area contributed by atoms with Gasteiger partial charge in [-0.05, 0) is 49.8 Å². The minimum atomic E-state index is 0.339. The summed E-state index contributed by atoms with van der Waals surface area (Å²) in [5, 5.41) is 3.67. The zero-order chi connectivity index (χ0) is 13.8. The summed E-state index contributed by atoms with van der Waals surface area (Å²) in [6.07, 6.45) is 2.33. The summed E-state index contributed by atoms with van der Waals surface area (Å²) in [4.78, 5) is 0. The van der Waals surface area contributed by atoms with Crippen LogP contribution in [0.25, 0.3) is 0 Å². The number of benzene rings is 1. The van der Waals surface area contributed by atoms with E-state index >= 15 is 0 Å². The van der Waals surface area contributed by atoms with Crippen LogP contribution in [0.2, 0.25) is 0 Å². The summed E-state index contributed by atoms with van der Waals surface area (Å²) in [6.45, 7) is 14.7. The van der Waals surface area contributed by atoms with E-state index in [0.717, 1.165) is 13.0 Å². The third-order valence-corrected chi connectivity index (χ3v) is 4.23. The minimum absolute atomic E-state index is 0.339. The van der Waals surface area contributed by atoms with Gasteiger partial charge in [-0.1, -0.05) is 51.5 Å². The Morgan fingerprint density at radius 3 is 2.39 bits per heavy atom. The highest BCUT2D eigenvalue weighted by atomic mass is 14.9. The molecule has 0 aliphatic carbocycles. The van der Waals surface area contributed by atoms with Crippen LogP contribution in [0.15, 0.2) is 18.2 Å². The van der Waals surface area contributed by atoms with Crippen molar-refractivity contribution in [2.75, 3.05) is 6.54 Å². The number of likely N-dealkylation sites (N-methyl/N-ethyl adjacent to an activating group) is 1. The lowest BCUT2D eigenvalue weighted by atomic mass is 9.78. The number of hydrogen-bond donors (Lipinski definition) is 1. The molecule has 0 spiro atoms. The van der Waals surface area contributed by atoms with Gasteiger partial charge < -0.3 is 5.32 Å². The predicted molar refractivity (Wildman–Crippen MR) is 81.2 cm³/mol. The van der Waals surface area contributed by atoms with Gasteiger partial charge in [0.1, 0.15) is 0 Å². The van der Waals surface area contributed by atoms with Crippen molar-refractivity contribution in [2.45, 2.75) is 60.4 Å². The van der Waals surface area contributed by atoms with Crippen LogP contribution in [0.3, 0.4) is 0 Å². The van der Waals surface area contributed by atoms with Crippen molar-refractivity contribution in [1.29, 1.82) is 0 Å². The molecule has 0 saturated heterocycles. The molecule has 0 aromatic heterocycles. The van der Waals surface area contributed by atoms with Crippen molar-refractivity contribution < 1.29 is 0 Å². The quantitative estimate of drug-likeness (QED) is 0.792. The van der Waals surface area contributed by atoms with E-state index < -0.39 is 0 Å². The topological polar surface area (TPSA) is 12.0 Å². The molecule has 1 nitrogen and oxygen atoms in total. The Labute approximate surface area is 113 Å². The molecule has 0 aliphatic heterocycles. The van der Waals surface area contributed by atoms with E-state index in [1.165, 1.54) is 23.1 Å². The number of rotatable bonds is 6. The second-order valence-corrected chi connectivity index (χ2v) is 6.09. The summed E-state index contributed by atoms with van der Waals surface area (Å²) in [5.74, 6) is 0. The Bertz CT molecular complexity index is 379. The van der Waals surface area contributed by atoms with Crippen LogP contribution in [0.5, 0.6) is 0 Å². The fourth-order valence-corrected chi connectivity index (χ4v) is 2.36. The zero-order valence-corrected chi connectivity index (χ0v) is 12.9. The predicted octanol–water partition coefficient (Wildman–Crippen LogP) is 4.26. The maximum atomic E-state index is 3.67. The Morgan fingerprint density at radius 1 is 1.17 bits per heavy atom. The van der Waals surface area contributed by atoms with Crippen molar-refractivity contribution in [3.05, 3.63) is 34.9 Å². The maximum Gasteiger partial charge on any atom is 0.0158 e. The molecule has 1 rings (SSSR count). The van der Waals surface area contributed by atoms with E-state index in [9.17, 15) is 0 Å². The molecule has 1 aromatic rings. The third kappa shape index (κ3) is 3.84. The number of nitrogens with one attached hydrogen (secondary N) is 1. The Morgan fingerprint density at radius 2 is 1.83 bits per heavy atom. The zero-order valence-electron chi connectivity index (χ0n) is 12.9. The molecule has 0 saturated carbocycles. The van der Waals surface area contributed by atoms with Gasteiger partial charge in [-0.15, -0.1) is 0 Å². The average Bonchev–Trinajstić information content (AvgIpc) is 2.33. The van der Waals surface area contributed by atoms with Gasteiger partial charge in [-0.3, -0.25) is 0 Å². The lowest BCUT2D eigenvalue weighted by molar-refractivity contribution is 0.232. The van der Waals surface area contributed by atoms with Gasteiger partial charge in [0.15, 0.2) is 0 Å². The Kier molecular flexibility index (Phi) is 5.40. The molecule has 1 heteroatoms. The first-order valence-corrected chi connectivity index (χ1v) is 7.20. The monoisotopic (exact) mass is 247 g/mol. The summed E-state index contributed by atoms with van der Waals surface area (Å²) in [6, 6.07) is 7.33. The molecule has 0 amide bonds. The molecule has 0 bridgehead atoms. The summed E-state index contributed by atoms with van der Waals surface area (Å²) in [5.41, 5.74) is 4.60. The third-order valence-electron chi connectivity index (χ3n) is 4.23. The maximum absolute atomic E-state index is 3.67. The van der Waals surface area contributed by atoms with Crippen molar-refractivity contribution in [3.63, 3.8) is 0 Å². The van der Waals surface area contributed by atoms with Gasteiger partial charge in [-0.25, -0.2) is 0 Å². The van der Waals surface area contributed by atoms with Gasteiger partial charge in [0.05, 0.1) is 0 Å². The highest BCUT2D eigenvalue weighted by molar-refractivity contribution is 5.31. The summed E-state index contributed by atoms with van der Waals surface area (Å²) in [7, 11) is 0. The van der Waals surface area contributed by atoms with E-state index in [1.54, 1.807) is 0 Å². The molecule has 0 radical (unpaired) electrons. The Hall–Kier alpha value is -0.820. The smallest absolute Gasteiger partial charge is 0.0158 e. The molecule has 0 fully saturated rings. The summed E-state index contributed by atoms with van der Waals surface area (Å²) < 4.78 is 0. The normalized spacial score (nSPS) is 13.7. The van der Waals surface area contributed by atoms with Gasteiger partial charge in [0.25, 0.3) is 0 Å². The van der Waals surface area contributed by atoms with E-state index in [0.29, 0.717) is 11.5 Å². The molecule has 18 heavy (non-hydrogen) atoms. The highest BCUT2D eigenvalue weighted by Gasteiger charge is 2.27. The van der Waals surface area contributed by atoms with E-state index in [2.05, 4.69) is 65.1 Å². The van der Waals surface area contributed by atoms with Crippen molar-refractivity contribution in [2.24, 2.45) is 5.41 Å².